The maximum absolute atomic E-state index is 13.3. The second-order valence-electron chi connectivity index (χ2n) is 7.18. The third-order valence-corrected chi connectivity index (χ3v) is 6.08. The molecule has 0 aliphatic carbocycles. The van der Waals surface area contributed by atoms with E-state index in [0.29, 0.717) is 20.6 Å². The molecule has 0 N–H and O–H groups in total. The fourth-order valence-electron chi connectivity index (χ4n) is 3.51. The van der Waals surface area contributed by atoms with Crippen LogP contribution in [0.15, 0.2) is 93.9 Å². The largest absolute Gasteiger partial charge is 0.466 e. The fraction of sp³-hybridized carbons (Fsp3) is 0.115. The number of hydrogen-bond acceptors (Lipinski definition) is 5. The molecule has 3 aromatic rings. The molecular weight excluding hydrogens is 420 g/mol. The Bertz CT molecular complexity index is 1390. The summed E-state index contributed by atoms with van der Waals surface area (Å²) < 4.78 is 7.11. The van der Waals surface area contributed by atoms with E-state index in [1.165, 1.54) is 18.4 Å². The molecule has 0 saturated carbocycles. The number of fused-ring (bicyclic) bond motifs is 1. The number of hydrogen-bond donors (Lipinski definition) is 0. The predicted molar refractivity (Wildman–Crippen MR) is 129 cm³/mol. The summed E-state index contributed by atoms with van der Waals surface area (Å²) in [4.78, 5) is 30.9. The predicted octanol–water partition coefficient (Wildman–Crippen LogP) is 3.74. The molecule has 32 heavy (non-hydrogen) atoms. The number of allylic oxidation sites excluding steroid dienone is 3. The van der Waals surface area contributed by atoms with Crippen molar-refractivity contribution in [3.05, 3.63) is 115 Å². The SMILES string of the molecule is COC(=O)C1=C(C)N=c2sc(=C/C=C\c3ccccc3)c(=O)n2[C@@H]1/C=C/c1ccccc1. The van der Waals surface area contributed by atoms with Crippen LogP contribution in [0.4, 0.5) is 0 Å². The Labute approximate surface area is 189 Å². The van der Waals surface area contributed by atoms with Crippen LogP contribution < -0.4 is 14.9 Å². The second kappa shape index (κ2) is 9.58. The zero-order valence-electron chi connectivity index (χ0n) is 17.8. The highest BCUT2D eigenvalue weighted by Gasteiger charge is 2.29. The van der Waals surface area contributed by atoms with Gasteiger partial charge >= 0.3 is 5.97 Å². The maximum Gasteiger partial charge on any atom is 0.338 e. The zero-order valence-corrected chi connectivity index (χ0v) is 18.6. The third-order valence-electron chi connectivity index (χ3n) is 5.08. The molecule has 6 heteroatoms. The first-order valence-electron chi connectivity index (χ1n) is 10.1. The number of benzene rings is 2. The van der Waals surface area contributed by atoms with Crippen LogP contribution in [0.25, 0.3) is 18.2 Å². The van der Waals surface area contributed by atoms with E-state index in [4.69, 9.17) is 4.74 Å². The lowest BCUT2D eigenvalue weighted by Crippen LogP contribution is -2.38. The molecule has 0 bridgehead atoms. The molecule has 1 aliphatic rings. The van der Waals surface area contributed by atoms with Gasteiger partial charge in [0, 0.05) is 0 Å². The third kappa shape index (κ3) is 4.45. The van der Waals surface area contributed by atoms with Gasteiger partial charge in [-0.1, -0.05) is 96.3 Å². The van der Waals surface area contributed by atoms with Crippen molar-refractivity contribution in [1.29, 1.82) is 0 Å². The van der Waals surface area contributed by atoms with Crippen LogP contribution in [0.5, 0.6) is 0 Å². The van der Waals surface area contributed by atoms with Gasteiger partial charge in [0.25, 0.3) is 5.56 Å². The van der Waals surface area contributed by atoms with Gasteiger partial charge in [-0.3, -0.25) is 9.36 Å². The lowest BCUT2D eigenvalue weighted by Gasteiger charge is -2.21. The Morgan fingerprint density at radius 3 is 2.28 bits per heavy atom. The minimum absolute atomic E-state index is 0.192. The van der Waals surface area contributed by atoms with E-state index in [1.807, 2.05) is 85.0 Å². The van der Waals surface area contributed by atoms with Crippen molar-refractivity contribution < 1.29 is 9.53 Å². The lowest BCUT2D eigenvalue weighted by molar-refractivity contribution is -0.136. The number of methoxy groups -OCH3 is 1. The number of aromatic nitrogens is 1. The molecule has 2 heterocycles. The Hall–Kier alpha value is -3.77. The number of rotatable bonds is 5. The first-order chi connectivity index (χ1) is 15.6. The Kier molecular flexibility index (Phi) is 6.42. The summed E-state index contributed by atoms with van der Waals surface area (Å²) in [6, 6.07) is 19.0. The van der Waals surface area contributed by atoms with Gasteiger partial charge in [-0.05, 0) is 24.1 Å². The molecule has 1 aromatic heterocycles. The summed E-state index contributed by atoms with van der Waals surface area (Å²) in [6.45, 7) is 1.77. The number of esters is 1. The van der Waals surface area contributed by atoms with Gasteiger partial charge in [-0.2, -0.15) is 0 Å². The highest BCUT2D eigenvalue weighted by Crippen LogP contribution is 2.26. The van der Waals surface area contributed by atoms with Crippen LogP contribution in [-0.4, -0.2) is 17.6 Å². The first-order valence-corrected chi connectivity index (χ1v) is 11.0. The van der Waals surface area contributed by atoms with Crippen molar-refractivity contribution in [2.24, 2.45) is 4.99 Å². The molecule has 0 spiro atoms. The van der Waals surface area contributed by atoms with E-state index in [0.717, 1.165) is 11.1 Å². The van der Waals surface area contributed by atoms with Crippen molar-refractivity contribution in [1.82, 2.24) is 4.57 Å². The van der Waals surface area contributed by atoms with Gasteiger partial charge in [-0.15, -0.1) is 0 Å². The Balaban J connectivity index is 1.80. The molecule has 0 unspecified atom stereocenters. The van der Waals surface area contributed by atoms with Crippen molar-refractivity contribution in [3.63, 3.8) is 0 Å². The normalized spacial score (nSPS) is 16.4. The molecule has 1 aliphatic heterocycles. The fourth-order valence-corrected chi connectivity index (χ4v) is 4.52. The second-order valence-corrected chi connectivity index (χ2v) is 8.19. The zero-order chi connectivity index (χ0) is 22.5. The smallest absolute Gasteiger partial charge is 0.338 e. The average Bonchev–Trinajstić information content (AvgIpc) is 3.13. The molecule has 0 fully saturated rings. The van der Waals surface area contributed by atoms with Crippen molar-refractivity contribution in [3.8, 4) is 0 Å². The molecule has 2 aromatic carbocycles. The summed E-state index contributed by atoms with van der Waals surface area (Å²) >= 11 is 1.30. The highest BCUT2D eigenvalue weighted by molar-refractivity contribution is 7.07. The van der Waals surface area contributed by atoms with Crippen LogP contribution in [0, 0.1) is 0 Å². The Morgan fingerprint density at radius 2 is 1.66 bits per heavy atom. The van der Waals surface area contributed by atoms with Crippen LogP contribution >= 0.6 is 11.3 Å². The minimum atomic E-state index is -0.598. The maximum atomic E-state index is 13.3. The number of carbonyl (C=O) groups is 1. The quantitative estimate of drug-likeness (QED) is 0.566. The molecular formula is C26H22N2O3S. The summed E-state index contributed by atoms with van der Waals surface area (Å²) in [5.41, 5.74) is 2.73. The summed E-state index contributed by atoms with van der Waals surface area (Å²) in [6.07, 6.45) is 9.33. The van der Waals surface area contributed by atoms with Crippen LogP contribution in [0.2, 0.25) is 0 Å². The lowest BCUT2D eigenvalue weighted by atomic mass is 10.0. The van der Waals surface area contributed by atoms with Gasteiger partial charge in [0.15, 0.2) is 4.80 Å². The van der Waals surface area contributed by atoms with E-state index in [2.05, 4.69) is 4.99 Å². The van der Waals surface area contributed by atoms with Gasteiger partial charge in [0.2, 0.25) is 0 Å². The van der Waals surface area contributed by atoms with E-state index in [9.17, 15) is 9.59 Å². The van der Waals surface area contributed by atoms with Crippen molar-refractivity contribution in [2.45, 2.75) is 13.0 Å². The molecule has 0 saturated heterocycles. The monoisotopic (exact) mass is 442 g/mol. The van der Waals surface area contributed by atoms with E-state index < -0.39 is 12.0 Å². The molecule has 0 amide bonds. The summed E-state index contributed by atoms with van der Waals surface area (Å²) in [5, 5.41) is 0. The number of nitrogens with zero attached hydrogens (tertiary/aromatic N) is 2. The Morgan fingerprint density at radius 1 is 1.03 bits per heavy atom. The van der Waals surface area contributed by atoms with E-state index >= 15 is 0 Å². The van der Waals surface area contributed by atoms with Crippen LogP contribution in [0.3, 0.4) is 0 Å². The van der Waals surface area contributed by atoms with Crippen molar-refractivity contribution >= 4 is 35.5 Å². The molecule has 1 atom stereocenters. The molecule has 4 rings (SSSR count). The van der Waals surface area contributed by atoms with E-state index in [-0.39, 0.29) is 5.56 Å². The molecule has 5 nitrogen and oxygen atoms in total. The highest BCUT2D eigenvalue weighted by atomic mass is 32.1. The molecule has 160 valence electrons. The van der Waals surface area contributed by atoms with E-state index in [1.54, 1.807) is 17.6 Å². The standard InChI is InChI=1S/C26H22N2O3S/c1-18-23(25(30)31-2)21(17-16-20-12-7-4-8-13-20)28-24(29)22(32-26(28)27-18)15-9-14-19-10-5-3-6-11-19/h3-17,21H,1-2H3/b14-9-,17-16+,22-15?/t21-/m1/s1. The van der Waals surface area contributed by atoms with Crippen molar-refractivity contribution in [2.75, 3.05) is 7.11 Å². The number of carbonyl (C=O) groups excluding carboxylic acids is 1. The number of ether oxygens (including phenoxy) is 1. The van der Waals surface area contributed by atoms with Gasteiger partial charge < -0.3 is 4.74 Å². The van der Waals surface area contributed by atoms with Gasteiger partial charge in [0.05, 0.1) is 29.0 Å². The topological polar surface area (TPSA) is 60.7 Å². The van der Waals surface area contributed by atoms with Gasteiger partial charge in [0.1, 0.15) is 0 Å². The number of thiazole rings is 1. The minimum Gasteiger partial charge on any atom is -0.466 e. The first kappa shape index (κ1) is 21.5. The van der Waals surface area contributed by atoms with Crippen LogP contribution in [0.1, 0.15) is 24.1 Å². The summed E-state index contributed by atoms with van der Waals surface area (Å²) in [5.74, 6) is -0.493. The average molecular weight is 443 g/mol. The van der Waals surface area contributed by atoms with Crippen LogP contribution in [-0.2, 0) is 9.53 Å². The van der Waals surface area contributed by atoms with Gasteiger partial charge in [-0.25, -0.2) is 9.79 Å². The molecule has 0 radical (unpaired) electrons. The summed E-state index contributed by atoms with van der Waals surface area (Å²) in [7, 11) is 1.33.